The van der Waals surface area contributed by atoms with Crippen molar-refractivity contribution < 1.29 is 11.3 Å². The maximum atomic E-state index is 8.46. The largest absolute Gasteiger partial charge is 0.455 e. The molecule has 9 rings (SSSR count). The smallest absolute Gasteiger partial charge is 0.143 e. The molecule has 210 valence electrons. The van der Waals surface area contributed by atoms with Crippen LogP contribution in [0.1, 0.15) is 6.85 Å². The minimum atomic E-state index is -0.394. The molecule has 0 aliphatic heterocycles. The molecule has 0 bridgehead atoms. The minimum Gasteiger partial charge on any atom is -0.455 e. The van der Waals surface area contributed by atoms with Gasteiger partial charge in [-0.3, -0.25) is 0 Å². The third-order valence-electron chi connectivity index (χ3n) is 8.77. The Morgan fingerprint density at radius 2 is 0.933 bits per heavy atom. The van der Waals surface area contributed by atoms with Crippen molar-refractivity contribution in [1.29, 1.82) is 0 Å². The molecule has 1 heterocycles. The van der Waals surface area contributed by atoms with Crippen molar-refractivity contribution in [1.82, 2.24) is 0 Å². The molecule has 0 radical (unpaired) electrons. The molecule has 1 heteroatoms. The Morgan fingerprint density at radius 1 is 0.378 bits per heavy atom. The zero-order chi connectivity index (χ0) is 34.1. The van der Waals surface area contributed by atoms with E-state index in [1.165, 1.54) is 0 Å². The van der Waals surface area contributed by atoms with E-state index in [0.29, 0.717) is 5.56 Å². The lowest BCUT2D eigenvalue weighted by Crippen LogP contribution is -1.91. The fraction of sp³-hybridized carbons (Fsp3) is 0. The van der Waals surface area contributed by atoms with Crippen LogP contribution in [0.3, 0.4) is 0 Å². The maximum Gasteiger partial charge on any atom is 0.143 e. The average molecular weight is 578 g/mol. The van der Waals surface area contributed by atoms with Crippen molar-refractivity contribution in [3.05, 3.63) is 170 Å². The van der Waals surface area contributed by atoms with Crippen LogP contribution in [0, 0.1) is 0 Å². The molecule has 0 amide bonds. The van der Waals surface area contributed by atoms with Gasteiger partial charge < -0.3 is 4.42 Å². The number of benzene rings is 8. The fourth-order valence-electron chi connectivity index (χ4n) is 6.75. The fourth-order valence-corrected chi connectivity index (χ4v) is 6.75. The van der Waals surface area contributed by atoms with E-state index in [1.807, 2.05) is 42.5 Å². The van der Waals surface area contributed by atoms with E-state index in [2.05, 4.69) is 97.1 Å². The Bertz CT molecular complexity index is 2720. The Kier molecular flexibility index (Phi) is 4.81. The lowest BCUT2D eigenvalue weighted by atomic mass is 9.85. The summed E-state index contributed by atoms with van der Waals surface area (Å²) in [6.45, 7) is 0. The lowest BCUT2D eigenvalue weighted by molar-refractivity contribution is 0.670. The van der Waals surface area contributed by atoms with Crippen LogP contribution in [-0.4, -0.2) is 0 Å². The third kappa shape index (κ3) is 4.17. The van der Waals surface area contributed by atoms with E-state index in [-0.39, 0.29) is 29.7 Å². The highest BCUT2D eigenvalue weighted by molar-refractivity contribution is 6.22. The van der Waals surface area contributed by atoms with Gasteiger partial charge in [-0.15, -0.1) is 0 Å². The first kappa shape index (κ1) is 20.9. The second-order valence-corrected chi connectivity index (χ2v) is 11.3. The van der Waals surface area contributed by atoms with Crippen molar-refractivity contribution in [3.63, 3.8) is 0 Å². The number of fused-ring (bicyclic) bond motifs is 5. The van der Waals surface area contributed by atoms with Gasteiger partial charge >= 0.3 is 0 Å². The SMILES string of the molecule is [2H]c1c([2H])c([2H])c(-c2ccc(-c3c4ccccc4c(-c4ccc5c(c4)oc4c(-c6ccccc6)cccc45)c4ccccc34)cc2)c([2H])c1[2H]. The second-order valence-electron chi connectivity index (χ2n) is 11.3. The highest BCUT2D eigenvalue weighted by Gasteiger charge is 2.18. The number of rotatable bonds is 4. The topological polar surface area (TPSA) is 13.1 Å². The molecule has 45 heavy (non-hydrogen) atoms. The normalized spacial score (nSPS) is 13.1. The molecule has 9 aromatic rings. The number of para-hydroxylation sites is 1. The maximum absolute atomic E-state index is 8.46. The first-order valence-electron chi connectivity index (χ1n) is 17.5. The van der Waals surface area contributed by atoms with Crippen LogP contribution < -0.4 is 0 Å². The van der Waals surface area contributed by atoms with Crippen molar-refractivity contribution in [2.75, 3.05) is 0 Å². The molecule has 0 unspecified atom stereocenters. The summed E-state index contributed by atoms with van der Waals surface area (Å²) < 4.78 is 47.8. The summed E-state index contributed by atoms with van der Waals surface area (Å²) in [6, 6.07) is 46.2. The zero-order valence-electron chi connectivity index (χ0n) is 29.2. The van der Waals surface area contributed by atoms with Crippen LogP contribution in [0.5, 0.6) is 0 Å². The van der Waals surface area contributed by atoms with Gasteiger partial charge in [0.1, 0.15) is 11.2 Å². The summed E-state index contributed by atoms with van der Waals surface area (Å²) in [5.41, 5.74) is 8.91. The molecule has 0 fully saturated rings. The monoisotopic (exact) mass is 577 g/mol. The molecule has 0 atom stereocenters. The number of hydrogen-bond acceptors (Lipinski definition) is 1. The Balaban J connectivity index is 1.23. The van der Waals surface area contributed by atoms with E-state index in [1.54, 1.807) is 0 Å². The van der Waals surface area contributed by atoms with Gasteiger partial charge in [0.25, 0.3) is 0 Å². The van der Waals surface area contributed by atoms with Gasteiger partial charge in [0, 0.05) is 16.3 Å². The summed E-state index contributed by atoms with van der Waals surface area (Å²) in [5.74, 6) is 0. The van der Waals surface area contributed by atoms with Crippen LogP contribution >= 0.6 is 0 Å². The standard InChI is InChI=1S/C44H28O/c1-3-12-29(13-4-1)30-22-24-32(25-23-30)42-36-16-7-9-18-38(36)43(39-19-10-8-17-37(39)42)33-26-27-35-40-21-11-20-34(31-14-5-2-6-15-31)44(40)45-41(35)28-33/h1-28H/i1D,3D,4D,12D,13D. The first-order chi connectivity index (χ1) is 24.4. The van der Waals surface area contributed by atoms with E-state index in [4.69, 9.17) is 11.3 Å². The summed E-state index contributed by atoms with van der Waals surface area (Å²) >= 11 is 0. The summed E-state index contributed by atoms with van der Waals surface area (Å²) in [7, 11) is 0. The Hall–Kier alpha value is -5.92. The molecule has 0 saturated heterocycles. The van der Waals surface area contributed by atoms with Gasteiger partial charge in [0.15, 0.2) is 0 Å². The molecule has 1 aromatic heterocycles. The van der Waals surface area contributed by atoms with Gasteiger partial charge in [0.05, 0.1) is 6.85 Å². The molecular weight excluding hydrogens is 544 g/mol. The molecule has 0 N–H and O–H groups in total. The Morgan fingerprint density at radius 3 is 1.60 bits per heavy atom. The van der Waals surface area contributed by atoms with Gasteiger partial charge in [-0.25, -0.2) is 0 Å². The predicted molar refractivity (Wildman–Crippen MR) is 190 cm³/mol. The molecule has 8 aromatic carbocycles. The van der Waals surface area contributed by atoms with Crippen LogP contribution in [-0.2, 0) is 0 Å². The molecule has 0 spiro atoms. The highest BCUT2D eigenvalue weighted by atomic mass is 16.3. The van der Waals surface area contributed by atoms with Crippen molar-refractivity contribution >= 4 is 43.5 Å². The van der Waals surface area contributed by atoms with E-state index in [0.717, 1.165) is 76.9 Å². The molecule has 0 aliphatic carbocycles. The van der Waals surface area contributed by atoms with Crippen molar-refractivity contribution in [2.24, 2.45) is 0 Å². The van der Waals surface area contributed by atoms with E-state index < -0.39 is 6.04 Å². The number of hydrogen-bond donors (Lipinski definition) is 0. The van der Waals surface area contributed by atoms with E-state index >= 15 is 0 Å². The molecular formula is C44H28O. The summed E-state index contributed by atoms with van der Waals surface area (Å²) in [4.78, 5) is 0. The highest BCUT2D eigenvalue weighted by Crippen LogP contribution is 2.45. The quantitative estimate of drug-likeness (QED) is 0.190. The molecule has 1 nitrogen and oxygen atoms in total. The van der Waals surface area contributed by atoms with Crippen molar-refractivity contribution in [3.8, 4) is 44.5 Å². The summed E-state index contributed by atoms with van der Waals surface area (Å²) in [6.07, 6.45) is 0. The first-order valence-corrected chi connectivity index (χ1v) is 15.0. The molecule has 0 saturated carbocycles. The van der Waals surface area contributed by atoms with Gasteiger partial charge in [-0.05, 0) is 72.6 Å². The van der Waals surface area contributed by atoms with Crippen LogP contribution in [0.15, 0.2) is 174 Å². The molecule has 0 aliphatic rings. The predicted octanol–water partition coefficient (Wildman–Crippen LogP) is 12.6. The minimum absolute atomic E-state index is 0.199. The zero-order valence-corrected chi connectivity index (χ0v) is 24.2. The van der Waals surface area contributed by atoms with Gasteiger partial charge in [-0.1, -0.05) is 158 Å². The summed E-state index contributed by atoms with van der Waals surface area (Å²) in [5, 5.41) is 6.56. The van der Waals surface area contributed by atoms with Crippen molar-refractivity contribution in [2.45, 2.75) is 0 Å². The Labute approximate surface area is 268 Å². The average Bonchev–Trinajstić information content (AvgIpc) is 3.54. The third-order valence-corrected chi connectivity index (χ3v) is 8.77. The number of furan rings is 1. The van der Waals surface area contributed by atoms with Crippen LogP contribution in [0.25, 0.3) is 88.0 Å². The second kappa shape index (κ2) is 10.4. The van der Waals surface area contributed by atoms with Crippen LogP contribution in [0.2, 0.25) is 0 Å². The van der Waals surface area contributed by atoms with Crippen LogP contribution in [0.4, 0.5) is 0 Å². The van der Waals surface area contributed by atoms with Gasteiger partial charge in [-0.2, -0.15) is 0 Å². The van der Waals surface area contributed by atoms with E-state index in [9.17, 15) is 0 Å². The lowest BCUT2D eigenvalue weighted by Gasteiger charge is -2.18. The van der Waals surface area contributed by atoms with Gasteiger partial charge in [0.2, 0.25) is 0 Å².